The minimum Gasteiger partial charge on any atom is -0.325 e. The molecular formula is C19H21BrN2O. The fourth-order valence-electron chi connectivity index (χ4n) is 3.07. The first-order chi connectivity index (χ1) is 11.2. The number of likely N-dealkylation sites (tertiary alicyclic amines) is 1. The molecular weight excluding hydrogens is 352 g/mol. The van der Waals surface area contributed by atoms with Crippen molar-refractivity contribution in [1.82, 2.24) is 4.90 Å². The lowest BCUT2D eigenvalue weighted by Crippen LogP contribution is -2.25. The highest BCUT2D eigenvalue weighted by atomic mass is 79.9. The van der Waals surface area contributed by atoms with Crippen LogP contribution in [-0.4, -0.2) is 30.4 Å². The van der Waals surface area contributed by atoms with Crippen LogP contribution < -0.4 is 5.32 Å². The molecule has 1 fully saturated rings. The van der Waals surface area contributed by atoms with Crippen molar-refractivity contribution in [3.63, 3.8) is 0 Å². The van der Waals surface area contributed by atoms with E-state index >= 15 is 0 Å². The number of carbonyl (C=O) groups excluding carboxylic acids is 1. The molecule has 0 aliphatic carbocycles. The summed E-state index contributed by atoms with van der Waals surface area (Å²) >= 11 is 3.45. The summed E-state index contributed by atoms with van der Waals surface area (Å²) < 4.78 is 0.915. The summed E-state index contributed by atoms with van der Waals surface area (Å²) in [4.78, 5) is 14.5. The van der Waals surface area contributed by atoms with E-state index in [1.807, 2.05) is 24.3 Å². The third-order valence-corrected chi connectivity index (χ3v) is 5.04. The molecule has 120 valence electrons. The van der Waals surface area contributed by atoms with Gasteiger partial charge in [0.1, 0.15) is 0 Å². The first kappa shape index (κ1) is 16.2. The fourth-order valence-corrected chi connectivity index (χ4v) is 3.45. The van der Waals surface area contributed by atoms with Crippen LogP contribution in [0, 0.1) is 0 Å². The lowest BCUT2D eigenvalue weighted by atomic mass is 9.99. The molecule has 0 unspecified atom stereocenters. The van der Waals surface area contributed by atoms with Gasteiger partial charge in [0.2, 0.25) is 5.91 Å². The first-order valence-corrected chi connectivity index (χ1v) is 8.83. The monoisotopic (exact) mass is 372 g/mol. The summed E-state index contributed by atoms with van der Waals surface area (Å²) in [6.07, 6.45) is 1.71. The average molecular weight is 373 g/mol. The van der Waals surface area contributed by atoms with E-state index in [2.05, 4.69) is 56.5 Å². The maximum atomic E-state index is 12.1. The van der Waals surface area contributed by atoms with Gasteiger partial charge >= 0.3 is 0 Å². The van der Waals surface area contributed by atoms with Crippen LogP contribution in [0.25, 0.3) is 0 Å². The van der Waals surface area contributed by atoms with Gasteiger partial charge in [-0.1, -0.05) is 42.5 Å². The maximum absolute atomic E-state index is 12.1. The van der Waals surface area contributed by atoms with Gasteiger partial charge < -0.3 is 10.2 Å². The highest BCUT2D eigenvalue weighted by Crippen LogP contribution is 2.27. The lowest BCUT2D eigenvalue weighted by molar-refractivity contribution is -0.116. The predicted molar refractivity (Wildman–Crippen MR) is 97.6 cm³/mol. The summed E-state index contributed by atoms with van der Waals surface area (Å²) in [5, 5.41) is 2.96. The number of para-hydroxylation sites is 1. The largest absolute Gasteiger partial charge is 0.325 e. The van der Waals surface area contributed by atoms with E-state index in [1.165, 1.54) is 12.0 Å². The molecule has 0 saturated carbocycles. The van der Waals surface area contributed by atoms with Crippen molar-refractivity contribution in [2.45, 2.75) is 18.8 Å². The second-order valence-corrected chi connectivity index (χ2v) is 6.83. The van der Waals surface area contributed by atoms with Gasteiger partial charge in [-0.15, -0.1) is 0 Å². The van der Waals surface area contributed by atoms with Crippen molar-refractivity contribution in [3.05, 3.63) is 64.6 Å². The van der Waals surface area contributed by atoms with E-state index in [-0.39, 0.29) is 5.91 Å². The number of nitrogens with one attached hydrogen (secondary N) is 1. The number of anilines is 1. The van der Waals surface area contributed by atoms with Gasteiger partial charge in [-0.25, -0.2) is 0 Å². The van der Waals surface area contributed by atoms with E-state index in [1.54, 1.807) is 0 Å². The topological polar surface area (TPSA) is 32.3 Å². The van der Waals surface area contributed by atoms with Crippen molar-refractivity contribution in [2.24, 2.45) is 0 Å². The maximum Gasteiger partial charge on any atom is 0.225 e. The van der Waals surface area contributed by atoms with Gasteiger partial charge in [0.25, 0.3) is 0 Å². The van der Waals surface area contributed by atoms with E-state index in [9.17, 15) is 4.79 Å². The van der Waals surface area contributed by atoms with E-state index in [0.717, 1.165) is 29.8 Å². The summed E-state index contributed by atoms with van der Waals surface area (Å²) in [6, 6.07) is 18.4. The lowest BCUT2D eigenvalue weighted by Gasteiger charge is -2.16. The Bertz CT molecular complexity index is 659. The van der Waals surface area contributed by atoms with Crippen LogP contribution in [0.1, 0.15) is 24.3 Å². The predicted octanol–water partition coefficient (Wildman–Crippen LogP) is 4.27. The minimum absolute atomic E-state index is 0.0695. The zero-order chi connectivity index (χ0) is 16.1. The van der Waals surface area contributed by atoms with Crippen LogP contribution in [0.15, 0.2) is 59.1 Å². The van der Waals surface area contributed by atoms with Gasteiger partial charge in [-0.05, 0) is 52.5 Å². The molecule has 1 saturated heterocycles. The Hall–Kier alpha value is -1.65. The van der Waals surface area contributed by atoms with Crippen molar-refractivity contribution in [3.8, 4) is 0 Å². The standard InChI is InChI=1S/C19H21BrN2O/c20-17-8-4-5-9-18(17)21-19(23)11-13-22-12-10-16(14-22)15-6-2-1-3-7-15/h1-9,16H,10-14H2,(H,21,23)/t16-/m0/s1. The molecule has 1 atom stereocenters. The fraction of sp³-hybridized carbons (Fsp3) is 0.316. The number of hydrogen-bond donors (Lipinski definition) is 1. The van der Waals surface area contributed by atoms with Crippen LogP contribution in [-0.2, 0) is 4.79 Å². The highest BCUT2D eigenvalue weighted by Gasteiger charge is 2.23. The molecule has 23 heavy (non-hydrogen) atoms. The molecule has 2 aromatic carbocycles. The Morgan fingerprint density at radius 3 is 2.65 bits per heavy atom. The number of rotatable bonds is 5. The molecule has 2 aromatic rings. The SMILES string of the molecule is O=C(CCN1CC[C@H](c2ccccc2)C1)Nc1ccccc1Br. The van der Waals surface area contributed by atoms with Gasteiger partial charge in [-0.2, -0.15) is 0 Å². The van der Waals surface area contributed by atoms with Crippen molar-refractivity contribution >= 4 is 27.5 Å². The molecule has 1 amide bonds. The quantitative estimate of drug-likeness (QED) is 0.849. The Labute approximate surface area is 145 Å². The molecule has 4 heteroatoms. The second kappa shape index (κ2) is 7.75. The molecule has 1 heterocycles. The molecule has 1 aliphatic rings. The molecule has 0 radical (unpaired) electrons. The van der Waals surface area contributed by atoms with Crippen LogP contribution in [0.4, 0.5) is 5.69 Å². The molecule has 3 nitrogen and oxygen atoms in total. The average Bonchev–Trinajstić information content (AvgIpc) is 3.05. The summed E-state index contributed by atoms with van der Waals surface area (Å²) in [5.41, 5.74) is 2.24. The molecule has 0 aromatic heterocycles. The Kier molecular flexibility index (Phi) is 5.47. The number of carbonyl (C=O) groups is 1. The molecule has 1 N–H and O–H groups in total. The Morgan fingerprint density at radius 1 is 1.13 bits per heavy atom. The smallest absolute Gasteiger partial charge is 0.225 e. The molecule has 0 spiro atoms. The number of hydrogen-bond acceptors (Lipinski definition) is 2. The Balaban J connectivity index is 1.46. The first-order valence-electron chi connectivity index (χ1n) is 8.04. The van der Waals surface area contributed by atoms with Crippen LogP contribution in [0.2, 0.25) is 0 Å². The third-order valence-electron chi connectivity index (χ3n) is 4.35. The molecule has 3 rings (SSSR count). The van der Waals surface area contributed by atoms with Crippen molar-refractivity contribution in [2.75, 3.05) is 25.0 Å². The zero-order valence-corrected chi connectivity index (χ0v) is 14.6. The van der Waals surface area contributed by atoms with Crippen LogP contribution >= 0.6 is 15.9 Å². The Morgan fingerprint density at radius 2 is 1.87 bits per heavy atom. The molecule has 1 aliphatic heterocycles. The second-order valence-electron chi connectivity index (χ2n) is 5.97. The van der Waals surface area contributed by atoms with Crippen LogP contribution in [0.3, 0.4) is 0 Å². The van der Waals surface area contributed by atoms with Gasteiger partial charge in [-0.3, -0.25) is 4.79 Å². The highest BCUT2D eigenvalue weighted by molar-refractivity contribution is 9.10. The summed E-state index contributed by atoms with van der Waals surface area (Å²) in [5.74, 6) is 0.669. The van der Waals surface area contributed by atoms with Gasteiger partial charge in [0.05, 0.1) is 5.69 Å². The van der Waals surface area contributed by atoms with E-state index < -0.39 is 0 Å². The van der Waals surface area contributed by atoms with Crippen molar-refractivity contribution in [1.29, 1.82) is 0 Å². The third kappa shape index (κ3) is 4.43. The van der Waals surface area contributed by atoms with E-state index in [0.29, 0.717) is 12.3 Å². The number of amides is 1. The normalized spacial score (nSPS) is 18.0. The summed E-state index contributed by atoms with van der Waals surface area (Å²) in [6.45, 7) is 2.94. The number of benzene rings is 2. The zero-order valence-electron chi connectivity index (χ0n) is 13.0. The van der Waals surface area contributed by atoms with Crippen molar-refractivity contribution < 1.29 is 4.79 Å². The molecule has 0 bridgehead atoms. The van der Waals surface area contributed by atoms with Gasteiger partial charge in [0.15, 0.2) is 0 Å². The number of nitrogens with zero attached hydrogens (tertiary/aromatic N) is 1. The van der Waals surface area contributed by atoms with Gasteiger partial charge in [0, 0.05) is 24.0 Å². The summed E-state index contributed by atoms with van der Waals surface area (Å²) in [7, 11) is 0. The number of halogens is 1. The van der Waals surface area contributed by atoms with Crippen LogP contribution in [0.5, 0.6) is 0 Å². The minimum atomic E-state index is 0.0695. The van der Waals surface area contributed by atoms with E-state index in [4.69, 9.17) is 0 Å².